The molecule has 104 valence electrons. The van der Waals surface area contributed by atoms with Gasteiger partial charge in [0.05, 0.1) is 6.10 Å². The number of benzene rings is 1. The molecule has 0 amide bonds. The minimum absolute atomic E-state index is 0.0208. The van der Waals surface area contributed by atoms with Gasteiger partial charge in [0.25, 0.3) is 0 Å². The Hall–Kier alpha value is -0.860. The normalized spacial score (nSPS) is 30.3. The van der Waals surface area contributed by atoms with E-state index in [-0.39, 0.29) is 5.54 Å². The smallest absolute Gasteiger partial charge is 0.0576 e. The van der Waals surface area contributed by atoms with Crippen molar-refractivity contribution in [3.63, 3.8) is 0 Å². The van der Waals surface area contributed by atoms with Crippen molar-refractivity contribution in [1.82, 2.24) is 0 Å². The topological polar surface area (TPSA) is 35.2 Å². The molecule has 1 aliphatic heterocycles. The fourth-order valence-electron chi connectivity index (χ4n) is 3.59. The molecule has 2 N–H and O–H groups in total. The lowest BCUT2D eigenvalue weighted by Gasteiger charge is -2.35. The van der Waals surface area contributed by atoms with Gasteiger partial charge in [-0.2, -0.15) is 0 Å². The summed E-state index contributed by atoms with van der Waals surface area (Å²) in [5, 5.41) is 0. The average molecular weight is 259 g/mol. The van der Waals surface area contributed by atoms with Crippen molar-refractivity contribution in [2.24, 2.45) is 5.73 Å². The van der Waals surface area contributed by atoms with Crippen LogP contribution in [0.25, 0.3) is 0 Å². The Morgan fingerprint density at radius 1 is 1.26 bits per heavy atom. The van der Waals surface area contributed by atoms with Gasteiger partial charge in [0.1, 0.15) is 0 Å². The third-order valence-electron chi connectivity index (χ3n) is 4.78. The highest BCUT2D eigenvalue weighted by molar-refractivity contribution is 5.32. The molecular weight excluding hydrogens is 234 g/mol. The van der Waals surface area contributed by atoms with E-state index in [9.17, 15) is 0 Å². The minimum Gasteiger partial charge on any atom is -0.378 e. The van der Waals surface area contributed by atoms with Crippen molar-refractivity contribution >= 4 is 0 Å². The summed E-state index contributed by atoms with van der Waals surface area (Å²) in [7, 11) is 0. The molecule has 0 bridgehead atoms. The SMILES string of the molecule is NC1(CCCC2CCCO2)CCc2ccccc2C1. The Labute approximate surface area is 116 Å². The quantitative estimate of drug-likeness (QED) is 0.901. The van der Waals surface area contributed by atoms with E-state index in [1.807, 2.05) is 0 Å². The molecule has 0 radical (unpaired) electrons. The van der Waals surface area contributed by atoms with Crippen LogP contribution in [0.5, 0.6) is 0 Å². The monoisotopic (exact) mass is 259 g/mol. The molecule has 1 fully saturated rings. The summed E-state index contributed by atoms with van der Waals surface area (Å²) in [6.45, 7) is 0.964. The summed E-state index contributed by atoms with van der Waals surface area (Å²) in [6.07, 6.45) is 9.88. The standard InChI is InChI=1S/C17H25NO/c18-17(10-3-7-16-8-4-12-19-16)11-9-14-5-1-2-6-15(14)13-17/h1-2,5-6,16H,3-4,7-13,18H2. The predicted molar refractivity (Wildman–Crippen MR) is 78.2 cm³/mol. The molecule has 2 aliphatic rings. The second kappa shape index (κ2) is 5.64. The Kier molecular flexibility index (Phi) is 3.90. The second-order valence-electron chi connectivity index (χ2n) is 6.34. The molecule has 1 aromatic rings. The minimum atomic E-state index is 0.0208. The summed E-state index contributed by atoms with van der Waals surface area (Å²) < 4.78 is 5.69. The first-order valence-corrected chi connectivity index (χ1v) is 7.72. The predicted octanol–water partition coefficient (Wildman–Crippen LogP) is 3.22. The average Bonchev–Trinajstić information content (AvgIpc) is 2.91. The third kappa shape index (κ3) is 3.18. The molecule has 2 atom stereocenters. The van der Waals surface area contributed by atoms with E-state index in [1.54, 1.807) is 0 Å². The number of hydrogen-bond acceptors (Lipinski definition) is 2. The maximum absolute atomic E-state index is 6.62. The van der Waals surface area contributed by atoms with Crippen molar-refractivity contribution in [2.75, 3.05) is 6.61 Å². The van der Waals surface area contributed by atoms with Crippen LogP contribution < -0.4 is 5.73 Å². The number of nitrogens with two attached hydrogens (primary N) is 1. The molecule has 1 heterocycles. The van der Waals surface area contributed by atoms with Crippen LogP contribution in [0.3, 0.4) is 0 Å². The number of aryl methyl sites for hydroxylation is 1. The molecule has 0 spiro atoms. The molecule has 19 heavy (non-hydrogen) atoms. The molecule has 0 saturated carbocycles. The number of rotatable bonds is 4. The van der Waals surface area contributed by atoms with Gasteiger partial charge in [0, 0.05) is 12.1 Å². The first-order valence-electron chi connectivity index (χ1n) is 7.72. The van der Waals surface area contributed by atoms with E-state index in [0.717, 1.165) is 32.3 Å². The zero-order chi connectivity index (χ0) is 13.1. The summed E-state index contributed by atoms with van der Waals surface area (Å²) in [4.78, 5) is 0. The van der Waals surface area contributed by atoms with Crippen LogP contribution >= 0.6 is 0 Å². The largest absolute Gasteiger partial charge is 0.378 e. The summed E-state index contributed by atoms with van der Waals surface area (Å²) >= 11 is 0. The maximum atomic E-state index is 6.62. The fraction of sp³-hybridized carbons (Fsp3) is 0.647. The van der Waals surface area contributed by atoms with Crippen LogP contribution in [0, 0.1) is 0 Å². The van der Waals surface area contributed by atoms with Gasteiger partial charge < -0.3 is 10.5 Å². The van der Waals surface area contributed by atoms with Crippen LogP contribution in [0.15, 0.2) is 24.3 Å². The Balaban J connectivity index is 1.53. The van der Waals surface area contributed by atoms with E-state index in [2.05, 4.69) is 24.3 Å². The third-order valence-corrected chi connectivity index (χ3v) is 4.78. The molecule has 3 rings (SSSR count). The molecule has 2 nitrogen and oxygen atoms in total. The van der Waals surface area contributed by atoms with Crippen molar-refractivity contribution in [1.29, 1.82) is 0 Å². The number of fused-ring (bicyclic) bond motifs is 1. The summed E-state index contributed by atoms with van der Waals surface area (Å²) in [5.74, 6) is 0. The first kappa shape index (κ1) is 13.1. The molecule has 1 aromatic carbocycles. The lowest BCUT2D eigenvalue weighted by Crippen LogP contribution is -2.45. The number of hydrogen-bond donors (Lipinski definition) is 1. The van der Waals surface area contributed by atoms with Gasteiger partial charge in [-0.15, -0.1) is 0 Å². The lowest BCUT2D eigenvalue weighted by molar-refractivity contribution is 0.0996. The summed E-state index contributed by atoms with van der Waals surface area (Å²) in [5.41, 5.74) is 9.61. The van der Waals surface area contributed by atoms with Crippen molar-refractivity contribution < 1.29 is 4.74 Å². The highest BCUT2D eigenvalue weighted by Gasteiger charge is 2.30. The van der Waals surface area contributed by atoms with Crippen molar-refractivity contribution in [3.05, 3.63) is 35.4 Å². The van der Waals surface area contributed by atoms with Gasteiger partial charge in [-0.25, -0.2) is 0 Å². The van der Waals surface area contributed by atoms with Gasteiger partial charge in [-0.1, -0.05) is 24.3 Å². The Bertz CT molecular complexity index is 425. The number of ether oxygens (including phenoxy) is 1. The van der Waals surface area contributed by atoms with Gasteiger partial charge in [0.15, 0.2) is 0 Å². The Morgan fingerprint density at radius 3 is 2.89 bits per heavy atom. The van der Waals surface area contributed by atoms with Gasteiger partial charge in [0.2, 0.25) is 0 Å². The van der Waals surface area contributed by atoms with Gasteiger partial charge >= 0.3 is 0 Å². The highest BCUT2D eigenvalue weighted by Crippen LogP contribution is 2.31. The van der Waals surface area contributed by atoms with E-state index in [0.29, 0.717) is 6.10 Å². The lowest BCUT2D eigenvalue weighted by atomic mass is 9.76. The van der Waals surface area contributed by atoms with E-state index >= 15 is 0 Å². The summed E-state index contributed by atoms with van der Waals surface area (Å²) in [6, 6.07) is 8.77. The van der Waals surface area contributed by atoms with E-state index in [1.165, 1.54) is 36.8 Å². The van der Waals surface area contributed by atoms with Crippen LogP contribution in [-0.4, -0.2) is 18.2 Å². The zero-order valence-electron chi connectivity index (χ0n) is 11.7. The van der Waals surface area contributed by atoms with E-state index in [4.69, 9.17) is 10.5 Å². The molecule has 1 saturated heterocycles. The van der Waals surface area contributed by atoms with E-state index < -0.39 is 0 Å². The van der Waals surface area contributed by atoms with Gasteiger partial charge in [-0.05, 0) is 62.5 Å². The molecule has 2 unspecified atom stereocenters. The molecular formula is C17H25NO. The van der Waals surface area contributed by atoms with Crippen LogP contribution in [0.4, 0.5) is 0 Å². The van der Waals surface area contributed by atoms with Crippen molar-refractivity contribution in [3.8, 4) is 0 Å². The second-order valence-corrected chi connectivity index (χ2v) is 6.34. The van der Waals surface area contributed by atoms with Crippen LogP contribution in [-0.2, 0) is 17.6 Å². The van der Waals surface area contributed by atoms with Crippen LogP contribution in [0.1, 0.15) is 49.7 Å². The van der Waals surface area contributed by atoms with Gasteiger partial charge in [-0.3, -0.25) is 0 Å². The highest BCUT2D eigenvalue weighted by atomic mass is 16.5. The maximum Gasteiger partial charge on any atom is 0.0576 e. The Morgan fingerprint density at radius 2 is 2.11 bits per heavy atom. The molecule has 0 aromatic heterocycles. The first-order chi connectivity index (χ1) is 9.25. The molecule has 2 heteroatoms. The van der Waals surface area contributed by atoms with Crippen LogP contribution in [0.2, 0.25) is 0 Å². The zero-order valence-corrected chi connectivity index (χ0v) is 11.7. The fourth-order valence-corrected chi connectivity index (χ4v) is 3.59. The molecule has 1 aliphatic carbocycles. The van der Waals surface area contributed by atoms with Crippen molar-refractivity contribution in [2.45, 2.75) is 63.0 Å².